The first kappa shape index (κ1) is 15.2. The van der Waals surface area contributed by atoms with Crippen LogP contribution < -0.4 is 14.8 Å². The van der Waals surface area contributed by atoms with Gasteiger partial charge in [0.05, 0.1) is 14.2 Å². The molecule has 1 saturated carbocycles. The monoisotopic (exact) mass is 277 g/mol. The van der Waals surface area contributed by atoms with Gasteiger partial charge in [-0.3, -0.25) is 0 Å². The third-order valence-electron chi connectivity index (χ3n) is 4.30. The summed E-state index contributed by atoms with van der Waals surface area (Å²) < 4.78 is 11.0. The lowest BCUT2D eigenvalue weighted by molar-refractivity contribution is 0.337. The molecule has 20 heavy (non-hydrogen) atoms. The first-order valence-electron chi connectivity index (χ1n) is 7.74. The fourth-order valence-corrected chi connectivity index (χ4v) is 3.33. The summed E-state index contributed by atoms with van der Waals surface area (Å²) in [6.45, 7) is 3.13. The Hall–Kier alpha value is -1.22. The molecule has 0 bridgehead atoms. The largest absolute Gasteiger partial charge is 0.493 e. The van der Waals surface area contributed by atoms with Gasteiger partial charge in [0.2, 0.25) is 0 Å². The van der Waals surface area contributed by atoms with E-state index >= 15 is 0 Å². The quantitative estimate of drug-likeness (QED) is 0.819. The zero-order valence-corrected chi connectivity index (χ0v) is 12.9. The minimum atomic E-state index is 0.355. The molecule has 0 heterocycles. The Morgan fingerprint density at radius 2 is 1.95 bits per heavy atom. The minimum Gasteiger partial charge on any atom is -0.493 e. The van der Waals surface area contributed by atoms with Crippen LogP contribution in [0.4, 0.5) is 0 Å². The lowest BCUT2D eigenvalue weighted by Gasteiger charge is -2.24. The van der Waals surface area contributed by atoms with E-state index in [1.54, 1.807) is 14.2 Å². The van der Waals surface area contributed by atoms with E-state index < -0.39 is 0 Å². The molecule has 1 N–H and O–H groups in total. The van der Waals surface area contributed by atoms with Gasteiger partial charge >= 0.3 is 0 Å². The van der Waals surface area contributed by atoms with Crippen LogP contribution in [0.15, 0.2) is 18.2 Å². The van der Waals surface area contributed by atoms with E-state index in [2.05, 4.69) is 24.4 Å². The SMILES string of the molecule is CCNC(CC1CCCC1)c1cccc(OC)c1OC. The standard InChI is InChI=1S/C17H27NO2/c1-4-18-15(12-13-8-5-6-9-13)14-10-7-11-16(19-2)17(14)20-3/h7,10-11,13,15,18H,4-6,8-9,12H2,1-3H3. The van der Waals surface area contributed by atoms with E-state index in [1.807, 2.05) is 6.07 Å². The molecule has 112 valence electrons. The van der Waals surface area contributed by atoms with Gasteiger partial charge in [-0.15, -0.1) is 0 Å². The van der Waals surface area contributed by atoms with Crippen molar-refractivity contribution in [3.8, 4) is 11.5 Å². The zero-order chi connectivity index (χ0) is 14.4. The molecule has 1 aliphatic rings. The van der Waals surface area contributed by atoms with Crippen LogP contribution in [-0.2, 0) is 0 Å². The molecule has 0 aliphatic heterocycles. The highest BCUT2D eigenvalue weighted by molar-refractivity contribution is 5.48. The Morgan fingerprint density at radius 3 is 2.55 bits per heavy atom. The van der Waals surface area contributed by atoms with Crippen molar-refractivity contribution in [2.75, 3.05) is 20.8 Å². The van der Waals surface area contributed by atoms with E-state index in [9.17, 15) is 0 Å². The van der Waals surface area contributed by atoms with E-state index in [4.69, 9.17) is 9.47 Å². The number of methoxy groups -OCH3 is 2. The third-order valence-corrected chi connectivity index (χ3v) is 4.30. The number of hydrogen-bond acceptors (Lipinski definition) is 3. The number of para-hydroxylation sites is 1. The number of ether oxygens (including phenoxy) is 2. The topological polar surface area (TPSA) is 30.5 Å². The van der Waals surface area contributed by atoms with Crippen LogP contribution in [0, 0.1) is 5.92 Å². The predicted octanol–water partition coefficient (Wildman–Crippen LogP) is 3.93. The Balaban J connectivity index is 2.23. The van der Waals surface area contributed by atoms with Gasteiger partial charge in [-0.05, 0) is 24.9 Å². The van der Waals surface area contributed by atoms with Gasteiger partial charge < -0.3 is 14.8 Å². The second-order valence-electron chi connectivity index (χ2n) is 5.58. The maximum atomic E-state index is 5.59. The van der Waals surface area contributed by atoms with E-state index in [0.717, 1.165) is 24.0 Å². The number of rotatable bonds is 7. The Labute approximate surface area is 122 Å². The second kappa shape index (κ2) is 7.53. The fourth-order valence-electron chi connectivity index (χ4n) is 3.33. The lowest BCUT2D eigenvalue weighted by Crippen LogP contribution is -2.23. The Morgan fingerprint density at radius 1 is 1.20 bits per heavy atom. The van der Waals surface area contributed by atoms with Crippen LogP contribution in [0.5, 0.6) is 11.5 Å². The average molecular weight is 277 g/mol. The summed E-state index contributed by atoms with van der Waals surface area (Å²) in [5, 5.41) is 3.62. The molecule has 1 unspecified atom stereocenters. The van der Waals surface area contributed by atoms with Crippen molar-refractivity contribution in [3.05, 3.63) is 23.8 Å². The summed E-state index contributed by atoms with van der Waals surface area (Å²) in [7, 11) is 3.42. The molecule has 3 nitrogen and oxygen atoms in total. The van der Waals surface area contributed by atoms with Crippen molar-refractivity contribution >= 4 is 0 Å². The smallest absolute Gasteiger partial charge is 0.165 e. The summed E-state index contributed by atoms with van der Waals surface area (Å²) in [5.74, 6) is 2.54. The van der Waals surface area contributed by atoms with Gasteiger partial charge in [0.1, 0.15) is 0 Å². The molecule has 0 saturated heterocycles. The first-order chi connectivity index (χ1) is 9.80. The van der Waals surface area contributed by atoms with E-state index in [1.165, 1.54) is 37.7 Å². The van der Waals surface area contributed by atoms with Crippen molar-refractivity contribution in [3.63, 3.8) is 0 Å². The molecular formula is C17H27NO2. The summed E-state index contributed by atoms with van der Waals surface area (Å²) >= 11 is 0. The lowest BCUT2D eigenvalue weighted by atomic mass is 9.92. The van der Waals surface area contributed by atoms with Crippen LogP contribution >= 0.6 is 0 Å². The van der Waals surface area contributed by atoms with Crippen molar-refractivity contribution in [2.24, 2.45) is 5.92 Å². The molecule has 1 fully saturated rings. The molecule has 2 rings (SSSR count). The molecule has 1 atom stereocenters. The summed E-state index contributed by atoms with van der Waals surface area (Å²) in [6, 6.07) is 6.52. The van der Waals surface area contributed by atoms with Crippen molar-refractivity contribution < 1.29 is 9.47 Å². The van der Waals surface area contributed by atoms with Crippen molar-refractivity contribution in [1.29, 1.82) is 0 Å². The number of nitrogens with one attached hydrogen (secondary N) is 1. The van der Waals surface area contributed by atoms with Crippen LogP contribution in [-0.4, -0.2) is 20.8 Å². The molecule has 1 aromatic rings. The van der Waals surface area contributed by atoms with Crippen LogP contribution in [0.3, 0.4) is 0 Å². The predicted molar refractivity (Wildman–Crippen MR) is 82.5 cm³/mol. The van der Waals surface area contributed by atoms with Gasteiger partial charge in [-0.1, -0.05) is 44.7 Å². The van der Waals surface area contributed by atoms with Crippen LogP contribution in [0.1, 0.15) is 50.6 Å². The second-order valence-corrected chi connectivity index (χ2v) is 5.58. The highest BCUT2D eigenvalue weighted by atomic mass is 16.5. The van der Waals surface area contributed by atoms with Crippen molar-refractivity contribution in [1.82, 2.24) is 5.32 Å². The fraction of sp³-hybridized carbons (Fsp3) is 0.647. The molecule has 1 aliphatic carbocycles. The molecule has 0 amide bonds. The minimum absolute atomic E-state index is 0.355. The number of benzene rings is 1. The van der Waals surface area contributed by atoms with Crippen LogP contribution in [0.25, 0.3) is 0 Å². The van der Waals surface area contributed by atoms with Crippen LogP contribution in [0.2, 0.25) is 0 Å². The number of hydrogen-bond donors (Lipinski definition) is 1. The summed E-state index contributed by atoms with van der Waals surface area (Å²) in [6.07, 6.45) is 6.71. The normalized spacial score (nSPS) is 17.1. The van der Waals surface area contributed by atoms with E-state index in [0.29, 0.717) is 6.04 Å². The van der Waals surface area contributed by atoms with Gasteiger partial charge in [0.25, 0.3) is 0 Å². The van der Waals surface area contributed by atoms with Gasteiger partial charge in [-0.25, -0.2) is 0 Å². The summed E-state index contributed by atoms with van der Waals surface area (Å²) in [4.78, 5) is 0. The highest BCUT2D eigenvalue weighted by Crippen LogP contribution is 2.39. The Bertz CT molecular complexity index is 413. The van der Waals surface area contributed by atoms with Gasteiger partial charge in [-0.2, -0.15) is 0 Å². The third kappa shape index (κ3) is 3.45. The molecular weight excluding hydrogens is 250 g/mol. The highest BCUT2D eigenvalue weighted by Gasteiger charge is 2.24. The Kier molecular flexibility index (Phi) is 5.72. The van der Waals surface area contributed by atoms with Crippen molar-refractivity contribution in [2.45, 2.75) is 45.1 Å². The molecule has 0 radical (unpaired) electrons. The molecule has 0 aromatic heterocycles. The maximum absolute atomic E-state index is 5.59. The first-order valence-corrected chi connectivity index (χ1v) is 7.74. The van der Waals surface area contributed by atoms with Gasteiger partial charge in [0.15, 0.2) is 11.5 Å². The molecule has 0 spiro atoms. The maximum Gasteiger partial charge on any atom is 0.165 e. The average Bonchev–Trinajstić information content (AvgIpc) is 2.98. The van der Waals surface area contributed by atoms with Gasteiger partial charge in [0, 0.05) is 11.6 Å². The van der Waals surface area contributed by atoms with E-state index in [-0.39, 0.29) is 0 Å². The molecule has 3 heteroatoms. The zero-order valence-electron chi connectivity index (χ0n) is 12.9. The molecule has 1 aromatic carbocycles. The summed E-state index contributed by atoms with van der Waals surface area (Å²) in [5.41, 5.74) is 1.22.